The maximum Gasteiger partial charge on any atom is 0.253 e. The largest absolute Gasteiger partial charge is 0.375 e. The number of carbonyl (C=O) groups excluding carboxylic acids is 1. The van der Waals surface area contributed by atoms with Crippen molar-refractivity contribution in [3.63, 3.8) is 0 Å². The van der Waals surface area contributed by atoms with Crippen molar-refractivity contribution < 1.29 is 9.53 Å². The molecule has 0 radical (unpaired) electrons. The molecule has 5 nitrogen and oxygen atoms in total. The van der Waals surface area contributed by atoms with Crippen LogP contribution in [-0.2, 0) is 4.74 Å². The predicted octanol–water partition coefficient (Wildman–Crippen LogP) is 3.44. The fourth-order valence-electron chi connectivity index (χ4n) is 3.64. The van der Waals surface area contributed by atoms with Gasteiger partial charge >= 0.3 is 0 Å². The molecule has 4 rings (SSSR count). The predicted molar refractivity (Wildman–Crippen MR) is 93.1 cm³/mol. The monoisotopic (exact) mass is 327 g/mol. The number of hydrogen-bond donors (Lipinski definition) is 1. The van der Waals surface area contributed by atoms with E-state index < -0.39 is 0 Å². The molecule has 1 unspecified atom stereocenters. The highest BCUT2D eigenvalue weighted by atomic mass is 16.5. The molecule has 0 bridgehead atoms. The summed E-state index contributed by atoms with van der Waals surface area (Å²) in [6.45, 7) is 3.60. The number of fused-ring (bicyclic) bond motifs is 1. The van der Waals surface area contributed by atoms with Crippen molar-refractivity contribution >= 4 is 16.8 Å². The Hall–Kier alpha value is -1.88. The summed E-state index contributed by atoms with van der Waals surface area (Å²) < 4.78 is 6.15. The molecule has 24 heavy (non-hydrogen) atoms. The van der Waals surface area contributed by atoms with Crippen LogP contribution >= 0.6 is 0 Å². The Morgan fingerprint density at radius 3 is 2.75 bits per heavy atom. The lowest BCUT2D eigenvalue weighted by atomic mass is 9.95. The third kappa shape index (κ3) is 3.05. The molecule has 1 N–H and O–H groups in total. The van der Waals surface area contributed by atoms with Crippen LogP contribution in [0.2, 0.25) is 0 Å². The number of benzene rings is 1. The number of nitrogens with zero attached hydrogens (tertiary/aromatic N) is 2. The zero-order valence-electron chi connectivity index (χ0n) is 14.3. The molecule has 1 saturated heterocycles. The van der Waals surface area contributed by atoms with Crippen LogP contribution in [0.1, 0.15) is 54.6 Å². The van der Waals surface area contributed by atoms with E-state index in [4.69, 9.17) is 4.74 Å². The third-order valence-electron chi connectivity index (χ3n) is 5.39. The first kappa shape index (κ1) is 15.6. The van der Waals surface area contributed by atoms with Crippen LogP contribution in [0.3, 0.4) is 0 Å². The van der Waals surface area contributed by atoms with E-state index in [2.05, 4.69) is 10.2 Å². The van der Waals surface area contributed by atoms with E-state index in [1.54, 1.807) is 0 Å². The third-order valence-corrected chi connectivity index (χ3v) is 5.39. The number of hydrogen-bond acceptors (Lipinski definition) is 3. The van der Waals surface area contributed by atoms with E-state index in [0.717, 1.165) is 54.5 Å². The van der Waals surface area contributed by atoms with Crippen molar-refractivity contribution in [2.45, 2.75) is 57.7 Å². The molecule has 2 aliphatic rings. The van der Waals surface area contributed by atoms with Gasteiger partial charge in [-0.05, 0) is 63.6 Å². The van der Waals surface area contributed by atoms with E-state index in [-0.39, 0.29) is 5.91 Å². The van der Waals surface area contributed by atoms with Gasteiger partial charge in [-0.2, -0.15) is 5.10 Å². The number of H-pyrrole nitrogens is 1. The second-order valence-electron chi connectivity index (χ2n) is 7.11. The summed E-state index contributed by atoms with van der Waals surface area (Å²) >= 11 is 0. The number of likely N-dealkylation sites (tertiary alicyclic amines) is 1. The minimum Gasteiger partial charge on any atom is -0.375 e. The highest BCUT2D eigenvalue weighted by Gasteiger charge is 2.26. The second-order valence-corrected chi connectivity index (χ2v) is 7.11. The van der Waals surface area contributed by atoms with Crippen LogP contribution in [0, 0.1) is 6.92 Å². The molecule has 1 aliphatic carbocycles. The highest BCUT2D eigenvalue weighted by molar-refractivity contribution is 5.98. The van der Waals surface area contributed by atoms with Gasteiger partial charge in [-0.3, -0.25) is 9.89 Å². The van der Waals surface area contributed by atoms with E-state index in [0.29, 0.717) is 12.2 Å². The van der Waals surface area contributed by atoms with E-state index >= 15 is 0 Å². The van der Waals surface area contributed by atoms with E-state index in [1.807, 2.05) is 30.0 Å². The summed E-state index contributed by atoms with van der Waals surface area (Å²) in [5.74, 6) is 0.127. The average Bonchev–Trinajstić information content (AvgIpc) is 2.78. The van der Waals surface area contributed by atoms with Gasteiger partial charge in [0.15, 0.2) is 0 Å². The van der Waals surface area contributed by atoms with Crippen molar-refractivity contribution in [3.8, 4) is 0 Å². The number of aromatic amines is 1. The maximum atomic E-state index is 12.9. The van der Waals surface area contributed by atoms with Gasteiger partial charge < -0.3 is 9.64 Å². The van der Waals surface area contributed by atoms with Crippen molar-refractivity contribution in [2.75, 3.05) is 13.1 Å². The molecular formula is C19H25N3O2. The van der Waals surface area contributed by atoms with Crippen molar-refractivity contribution in [1.29, 1.82) is 0 Å². The Bertz CT molecular complexity index is 735. The van der Waals surface area contributed by atoms with E-state index in [1.165, 1.54) is 19.3 Å². The number of nitrogens with one attached hydrogen (secondary N) is 1. The highest BCUT2D eigenvalue weighted by Crippen LogP contribution is 2.27. The Kier molecular flexibility index (Phi) is 4.27. The molecule has 1 aliphatic heterocycles. The van der Waals surface area contributed by atoms with Gasteiger partial charge in [0.25, 0.3) is 5.91 Å². The molecule has 0 spiro atoms. The fraction of sp³-hybridized carbons (Fsp3) is 0.579. The number of carbonyl (C=O) groups is 1. The molecule has 1 atom stereocenters. The molecule has 2 heterocycles. The molecule has 5 heteroatoms. The molecule has 1 saturated carbocycles. The summed E-state index contributed by atoms with van der Waals surface area (Å²) in [4.78, 5) is 14.9. The zero-order valence-corrected chi connectivity index (χ0v) is 14.3. The average molecular weight is 327 g/mol. The Balaban J connectivity index is 1.43. The lowest BCUT2D eigenvalue weighted by molar-refractivity contribution is -0.0557. The second kappa shape index (κ2) is 6.55. The number of ether oxygens (including phenoxy) is 1. The molecular weight excluding hydrogens is 302 g/mol. The summed E-state index contributed by atoms with van der Waals surface area (Å²) in [6, 6.07) is 5.77. The number of rotatable bonds is 3. The molecule has 128 valence electrons. The van der Waals surface area contributed by atoms with Crippen molar-refractivity contribution in [1.82, 2.24) is 15.1 Å². The molecule has 2 fully saturated rings. The first-order valence-corrected chi connectivity index (χ1v) is 9.10. The maximum absolute atomic E-state index is 12.9. The smallest absolute Gasteiger partial charge is 0.253 e. The zero-order chi connectivity index (χ0) is 16.5. The van der Waals surface area contributed by atoms with Gasteiger partial charge in [0, 0.05) is 29.7 Å². The van der Waals surface area contributed by atoms with Gasteiger partial charge in [-0.1, -0.05) is 0 Å². The van der Waals surface area contributed by atoms with E-state index in [9.17, 15) is 4.79 Å². The minimum absolute atomic E-state index is 0.127. The van der Waals surface area contributed by atoms with Crippen LogP contribution in [0.4, 0.5) is 0 Å². The number of aryl methyl sites for hydroxylation is 1. The first-order chi connectivity index (χ1) is 11.7. The van der Waals surface area contributed by atoms with Gasteiger partial charge in [0.05, 0.1) is 17.7 Å². The quantitative estimate of drug-likeness (QED) is 0.939. The van der Waals surface area contributed by atoms with Crippen molar-refractivity contribution in [2.24, 2.45) is 0 Å². The van der Waals surface area contributed by atoms with Crippen LogP contribution in [0.25, 0.3) is 10.9 Å². The molecule has 1 amide bonds. The Morgan fingerprint density at radius 1 is 1.17 bits per heavy atom. The van der Waals surface area contributed by atoms with Crippen LogP contribution < -0.4 is 0 Å². The van der Waals surface area contributed by atoms with Crippen molar-refractivity contribution in [3.05, 3.63) is 29.5 Å². The van der Waals surface area contributed by atoms with Crippen LogP contribution in [0.15, 0.2) is 18.2 Å². The van der Waals surface area contributed by atoms with Gasteiger partial charge in [-0.15, -0.1) is 0 Å². The van der Waals surface area contributed by atoms with Crippen LogP contribution in [-0.4, -0.2) is 46.3 Å². The lowest BCUT2D eigenvalue weighted by Gasteiger charge is -2.30. The number of amides is 1. The lowest BCUT2D eigenvalue weighted by Crippen LogP contribution is -2.33. The summed E-state index contributed by atoms with van der Waals surface area (Å²) in [5, 5.41) is 8.24. The van der Waals surface area contributed by atoms with Crippen LogP contribution in [0.5, 0.6) is 0 Å². The molecule has 2 aromatic rings. The fourth-order valence-corrected chi connectivity index (χ4v) is 3.64. The normalized spacial score (nSPS) is 22.4. The standard InChI is InChI=1S/C19H25N3O2/c1-13-17-12-14(7-8-18(17)21-20-13)19(23)22-10-3-6-16(9-11-22)24-15-4-2-5-15/h7-8,12,15-16H,2-6,9-11H2,1H3,(H,20,21). The Labute approximate surface area is 142 Å². The molecule has 1 aromatic carbocycles. The Morgan fingerprint density at radius 2 is 1.96 bits per heavy atom. The first-order valence-electron chi connectivity index (χ1n) is 9.10. The number of aromatic nitrogens is 2. The van der Waals surface area contributed by atoms with Gasteiger partial charge in [0.2, 0.25) is 0 Å². The summed E-state index contributed by atoms with van der Waals surface area (Å²) in [7, 11) is 0. The summed E-state index contributed by atoms with van der Waals surface area (Å²) in [6.07, 6.45) is 7.57. The minimum atomic E-state index is 0.127. The van der Waals surface area contributed by atoms with Gasteiger partial charge in [-0.25, -0.2) is 0 Å². The molecule has 1 aromatic heterocycles. The SMILES string of the molecule is Cc1[nH]nc2ccc(C(=O)N3CCCC(OC4CCC4)CC3)cc12. The van der Waals surface area contributed by atoms with Gasteiger partial charge in [0.1, 0.15) is 0 Å². The topological polar surface area (TPSA) is 58.2 Å². The summed E-state index contributed by atoms with van der Waals surface area (Å²) in [5.41, 5.74) is 2.67.